The van der Waals surface area contributed by atoms with Crippen LogP contribution >= 0.6 is 0 Å². The van der Waals surface area contributed by atoms with Crippen molar-refractivity contribution in [3.8, 4) is 5.75 Å². The smallest absolute Gasteiger partial charge is 0.341 e. The zero-order valence-electron chi connectivity index (χ0n) is 9.43. The van der Waals surface area contributed by atoms with Gasteiger partial charge in [0.15, 0.2) is 0 Å². The molecule has 0 aliphatic carbocycles. The highest BCUT2D eigenvalue weighted by molar-refractivity contribution is 5.93. The molecule has 92 valence electrons. The Bertz CT molecular complexity index is 431. The maximum absolute atomic E-state index is 11.4. The molecule has 0 fully saturated rings. The first kappa shape index (κ1) is 12.8. The Kier molecular flexibility index (Phi) is 4.33. The number of carbonyl (C=O) groups excluding carboxylic acids is 2. The van der Waals surface area contributed by atoms with Crippen molar-refractivity contribution in [2.24, 2.45) is 5.73 Å². The van der Waals surface area contributed by atoms with Gasteiger partial charge in [-0.1, -0.05) is 0 Å². The number of amides is 1. The molecule has 0 unspecified atom stereocenters. The first-order valence-electron chi connectivity index (χ1n) is 4.93. The molecule has 1 aromatic carbocycles. The van der Waals surface area contributed by atoms with Crippen LogP contribution in [0.25, 0.3) is 0 Å². The molecule has 0 aromatic heterocycles. The van der Waals surface area contributed by atoms with Gasteiger partial charge in [0.05, 0.1) is 20.1 Å². The second-order valence-corrected chi connectivity index (χ2v) is 3.31. The summed E-state index contributed by atoms with van der Waals surface area (Å²) in [6.07, 6.45) is 0.0744. The second-order valence-electron chi connectivity index (χ2n) is 3.31. The average molecular weight is 238 g/mol. The van der Waals surface area contributed by atoms with Gasteiger partial charge in [0.25, 0.3) is 0 Å². The molecule has 4 N–H and O–H groups in total. The molecule has 1 rings (SSSR count). The molecule has 0 atom stereocenters. The van der Waals surface area contributed by atoms with Crippen LogP contribution in [-0.2, 0) is 9.53 Å². The van der Waals surface area contributed by atoms with Gasteiger partial charge in [-0.15, -0.1) is 0 Å². The fourth-order valence-corrected chi connectivity index (χ4v) is 1.20. The molecule has 17 heavy (non-hydrogen) atoms. The average Bonchev–Trinajstić information content (AvgIpc) is 2.29. The summed E-state index contributed by atoms with van der Waals surface area (Å²) in [5.74, 6) is -0.710. The number of methoxy groups -OCH3 is 1. The maximum Gasteiger partial charge on any atom is 0.341 e. The fourth-order valence-electron chi connectivity index (χ4n) is 1.20. The van der Waals surface area contributed by atoms with Crippen molar-refractivity contribution in [2.45, 2.75) is 6.42 Å². The van der Waals surface area contributed by atoms with Gasteiger partial charge in [0, 0.05) is 5.69 Å². The number of anilines is 1. The summed E-state index contributed by atoms with van der Waals surface area (Å²) in [6, 6.07) is 4.58. The lowest BCUT2D eigenvalue weighted by molar-refractivity contribution is -0.118. The molecular weight excluding hydrogens is 224 g/mol. The Morgan fingerprint density at radius 3 is 2.65 bits per heavy atom. The van der Waals surface area contributed by atoms with Gasteiger partial charge in [0.2, 0.25) is 5.91 Å². The van der Waals surface area contributed by atoms with E-state index in [2.05, 4.69) is 4.74 Å². The highest BCUT2D eigenvalue weighted by atomic mass is 16.5. The largest absolute Gasteiger partial charge is 0.492 e. The normalized spacial score (nSPS) is 9.71. The maximum atomic E-state index is 11.4. The fraction of sp³-hybridized carbons (Fsp3) is 0.273. The van der Waals surface area contributed by atoms with Gasteiger partial charge >= 0.3 is 5.97 Å². The molecular formula is C11H14N2O4. The minimum Gasteiger partial charge on any atom is -0.492 e. The zero-order chi connectivity index (χ0) is 12.8. The number of benzene rings is 1. The van der Waals surface area contributed by atoms with Crippen molar-refractivity contribution in [1.29, 1.82) is 0 Å². The van der Waals surface area contributed by atoms with Crippen LogP contribution in [0.3, 0.4) is 0 Å². The van der Waals surface area contributed by atoms with E-state index < -0.39 is 11.9 Å². The molecule has 1 amide bonds. The number of ether oxygens (including phenoxy) is 2. The molecule has 0 aliphatic rings. The topological polar surface area (TPSA) is 105 Å². The quantitative estimate of drug-likeness (QED) is 0.567. The molecule has 0 saturated heterocycles. The zero-order valence-corrected chi connectivity index (χ0v) is 9.43. The third-order valence-electron chi connectivity index (χ3n) is 2.01. The molecule has 0 saturated carbocycles. The number of esters is 1. The van der Waals surface area contributed by atoms with Crippen LogP contribution in [-0.4, -0.2) is 25.6 Å². The summed E-state index contributed by atoms with van der Waals surface area (Å²) in [6.45, 7) is 0.100. The van der Waals surface area contributed by atoms with Crippen molar-refractivity contribution < 1.29 is 19.1 Å². The number of carbonyl (C=O) groups is 2. The number of rotatable bonds is 5. The molecule has 0 spiro atoms. The van der Waals surface area contributed by atoms with E-state index in [1.165, 1.54) is 13.2 Å². The summed E-state index contributed by atoms with van der Waals surface area (Å²) in [5.41, 5.74) is 11.2. The number of nitrogens with two attached hydrogens (primary N) is 2. The molecule has 0 heterocycles. The SMILES string of the molecule is COC(=O)c1cc(N)ccc1OCCC(N)=O. The minimum absolute atomic E-state index is 0.0744. The van der Waals surface area contributed by atoms with Gasteiger partial charge in [-0.25, -0.2) is 4.79 Å². The first-order chi connectivity index (χ1) is 8.04. The van der Waals surface area contributed by atoms with Crippen LogP contribution in [0.2, 0.25) is 0 Å². The molecule has 6 nitrogen and oxygen atoms in total. The summed E-state index contributed by atoms with van der Waals surface area (Å²) < 4.78 is 9.86. The third-order valence-corrected chi connectivity index (χ3v) is 2.01. The number of hydrogen-bond donors (Lipinski definition) is 2. The lowest BCUT2D eigenvalue weighted by Crippen LogP contribution is -2.15. The predicted octanol–water partition coefficient (Wildman–Crippen LogP) is 0.310. The van der Waals surface area contributed by atoms with E-state index in [9.17, 15) is 9.59 Å². The van der Waals surface area contributed by atoms with Crippen LogP contribution in [0.4, 0.5) is 5.69 Å². The van der Waals surface area contributed by atoms with Crippen molar-refractivity contribution in [3.63, 3.8) is 0 Å². The molecule has 0 bridgehead atoms. The molecule has 1 aromatic rings. The minimum atomic E-state index is -0.550. The van der Waals surface area contributed by atoms with Crippen LogP contribution in [0, 0.1) is 0 Å². The van der Waals surface area contributed by atoms with E-state index in [1.807, 2.05) is 0 Å². The summed E-state index contributed by atoms with van der Waals surface area (Å²) in [7, 11) is 1.26. The van der Waals surface area contributed by atoms with E-state index in [0.29, 0.717) is 11.4 Å². The van der Waals surface area contributed by atoms with Gasteiger partial charge in [-0.2, -0.15) is 0 Å². The Morgan fingerprint density at radius 2 is 2.06 bits per heavy atom. The van der Waals surface area contributed by atoms with Crippen molar-refractivity contribution in [1.82, 2.24) is 0 Å². The Balaban J connectivity index is 2.83. The number of primary amides is 1. The van der Waals surface area contributed by atoms with Crippen LogP contribution < -0.4 is 16.2 Å². The summed E-state index contributed by atoms with van der Waals surface area (Å²) >= 11 is 0. The van der Waals surface area contributed by atoms with Crippen LogP contribution in [0.15, 0.2) is 18.2 Å². The molecule has 6 heteroatoms. The number of nitrogen functional groups attached to an aromatic ring is 1. The standard InChI is InChI=1S/C11H14N2O4/c1-16-11(15)8-6-7(12)2-3-9(8)17-5-4-10(13)14/h2-3,6H,4-5,12H2,1H3,(H2,13,14). The first-order valence-corrected chi connectivity index (χ1v) is 4.93. The number of hydrogen-bond acceptors (Lipinski definition) is 5. The summed E-state index contributed by atoms with van der Waals surface area (Å²) in [4.78, 5) is 22.0. The Hall–Kier alpha value is -2.24. The lowest BCUT2D eigenvalue weighted by atomic mass is 10.2. The molecule has 0 aliphatic heterocycles. The third kappa shape index (κ3) is 3.67. The van der Waals surface area contributed by atoms with Crippen LogP contribution in [0.1, 0.15) is 16.8 Å². The van der Waals surface area contributed by atoms with E-state index in [4.69, 9.17) is 16.2 Å². The van der Waals surface area contributed by atoms with E-state index >= 15 is 0 Å². The van der Waals surface area contributed by atoms with E-state index in [1.54, 1.807) is 12.1 Å². The van der Waals surface area contributed by atoms with Gasteiger partial charge in [0.1, 0.15) is 11.3 Å². The van der Waals surface area contributed by atoms with Crippen molar-refractivity contribution in [3.05, 3.63) is 23.8 Å². The Labute approximate surface area is 98.5 Å². The monoisotopic (exact) mass is 238 g/mol. The van der Waals surface area contributed by atoms with E-state index in [0.717, 1.165) is 0 Å². The van der Waals surface area contributed by atoms with Gasteiger partial charge in [-0.3, -0.25) is 4.79 Å². The summed E-state index contributed by atoms with van der Waals surface area (Å²) in [5, 5.41) is 0. The highest BCUT2D eigenvalue weighted by Gasteiger charge is 2.13. The van der Waals surface area contributed by atoms with Crippen LogP contribution in [0.5, 0.6) is 5.75 Å². The Morgan fingerprint density at radius 1 is 1.35 bits per heavy atom. The van der Waals surface area contributed by atoms with Crippen molar-refractivity contribution in [2.75, 3.05) is 19.5 Å². The predicted molar refractivity (Wildman–Crippen MR) is 61.5 cm³/mol. The second kappa shape index (κ2) is 5.74. The van der Waals surface area contributed by atoms with E-state index in [-0.39, 0.29) is 18.6 Å². The molecule has 0 radical (unpaired) electrons. The van der Waals surface area contributed by atoms with Crippen molar-refractivity contribution >= 4 is 17.6 Å². The van der Waals surface area contributed by atoms with Gasteiger partial charge < -0.3 is 20.9 Å². The highest BCUT2D eigenvalue weighted by Crippen LogP contribution is 2.22. The van der Waals surface area contributed by atoms with Gasteiger partial charge in [-0.05, 0) is 18.2 Å². The lowest BCUT2D eigenvalue weighted by Gasteiger charge is -2.10.